The van der Waals surface area contributed by atoms with Crippen molar-refractivity contribution in [1.29, 1.82) is 0 Å². The molecule has 0 rings (SSSR count). The summed E-state index contributed by atoms with van der Waals surface area (Å²) in [7, 11) is 0. The molecule has 0 N–H and O–H groups in total. The van der Waals surface area contributed by atoms with E-state index in [-0.39, 0.29) is 122 Å². The van der Waals surface area contributed by atoms with Gasteiger partial charge in [-0.25, -0.2) is 0 Å². The SMILES string of the molecule is [Cr].[Cu].[Fe].[Mg].[Mn].[Si].[Zn]. The molecule has 0 unspecified atom stereocenters. The van der Waals surface area contributed by atoms with Crippen molar-refractivity contribution in [2.75, 3.05) is 0 Å². The number of hydrogen-bond donors (Lipinski definition) is 0. The van der Waals surface area contributed by atoms with Crippen LogP contribution in [0.5, 0.6) is 0 Å². The quantitative estimate of drug-likeness (QED) is 0.507. The largest absolute Gasteiger partial charge is 0 e. The molecule has 0 amide bonds. The number of hydrogen-bond acceptors (Lipinski definition) is 0. The van der Waals surface area contributed by atoms with Crippen LogP contribution in [-0.4, -0.2) is 34.0 Å². The van der Waals surface area contributed by atoms with E-state index in [0.717, 1.165) is 0 Å². The smallest absolute Gasteiger partial charge is 0 e. The summed E-state index contributed by atoms with van der Waals surface area (Å²) in [6.45, 7) is 0. The molecule has 0 aromatic heterocycles. The minimum absolute atomic E-state index is 0. The molecule has 0 aliphatic carbocycles. The van der Waals surface area contributed by atoms with Crippen LogP contribution < -0.4 is 0 Å². The van der Waals surface area contributed by atoms with Crippen LogP contribution in [0.3, 0.4) is 0 Å². The summed E-state index contributed by atoms with van der Waals surface area (Å²) < 4.78 is 0. The second-order valence-corrected chi connectivity index (χ2v) is 0. The zero-order valence-electron chi connectivity index (χ0n) is 3.36. The topological polar surface area (TPSA) is 0 Å². The van der Waals surface area contributed by atoms with E-state index in [1.807, 2.05) is 0 Å². The van der Waals surface area contributed by atoms with Gasteiger partial charge >= 0.3 is 0 Å². The zero-order valence-corrected chi connectivity index (χ0v) is 13.2. The van der Waals surface area contributed by atoms with Gasteiger partial charge in [-0.15, -0.1) is 0 Å². The summed E-state index contributed by atoms with van der Waals surface area (Å²) in [5, 5.41) is 0. The molecule has 0 aliphatic heterocycles. The molecule has 40 valence electrons. The van der Waals surface area contributed by atoms with Crippen molar-refractivity contribution < 1.29 is 88.0 Å². The Bertz CT molecular complexity index is 19.7. The molecule has 0 saturated carbocycles. The average molecular weight is 344 g/mol. The Balaban J connectivity index is 0. The molecule has 0 saturated heterocycles. The van der Waals surface area contributed by atoms with Crippen LogP contribution in [0.25, 0.3) is 0 Å². The van der Waals surface area contributed by atoms with E-state index in [4.69, 9.17) is 0 Å². The van der Waals surface area contributed by atoms with Gasteiger partial charge in [0.05, 0.1) is 0 Å². The fourth-order valence-corrected chi connectivity index (χ4v) is 0. The summed E-state index contributed by atoms with van der Waals surface area (Å²) in [4.78, 5) is 0. The van der Waals surface area contributed by atoms with Gasteiger partial charge in [0.25, 0.3) is 0 Å². The summed E-state index contributed by atoms with van der Waals surface area (Å²) in [6, 6.07) is 0. The standard InChI is InChI=1S/Cr.Cu.Fe.Mg.Mn.Si.Zn. The molecule has 7 heteroatoms. The second kappa shape index (κ2) is 53.7. The molecule has 0 heterocycles. The molecule has 8 radical (unpaired) electrons. The summed E-state index contributed by atoms with van der Waals surface area (Å²) in [6.07, 6.45) is 0. The van der Waals surface area contributed by atoms with Gasteiger partial charge < -0.3 is 0 Å². The third-order valence-electron chi connectivity index (χ3n) is 0. The number of rotatable bonds is 0. The minimum atomic E-state index is 0. The summed E-state index contributed by atoms with van der Waals surface area (Å²) in [5.74, 6) is 0. The fraction of sp³-hybridized carbons (Fsp3) is 0. The molecule has 0 spiro atoms. The van der Waals surface area contributed by atoms with Crippen molar-refractivity contribution in [1.82, 2.24) is 0 Å². The van der Waals surface area contributed by atoms with Gasteiger partial charge in [-0.05, 0) is 0 Å². The van der Waals surface area contributed by atoms with E-state index in [2.05, 4.69) is 0 Å². The van der Waals surface area contributed by atoms with E-state index in [0.29, 0.717) is 0 Å². The Hall–Kier alpha value is 3.70. The van der Waals surface area contributed by atoms with Crippen molar-refractivity contribution >= 4 is 34.0 Å². The van der Waals surface area contributed by atoms with E-state index in [1.165, 1.54) is 0 Å². The van der Waals surface area contributed by atoms with Crippen LogP contribution in [0.15, 0.2) is 0 Å². The molecule has 0 nitrogen and oxygen atoms in total. The first kappa shape index (κ1) is 73.6. The van der Waals surface area contributed by atoms with Crippen LogP contribution in [0.2, 0.25) is 0 Å². The molecule has 0 aliphatic rings. The average Bonchev–Trinajstić information content (AvgIpc) is 0. The van der Waals surface area contributed by atoms with Crippen LogP contribution in [0, 0.1) is 0 Å². The van der Waals surface area contributed by atoms with E-state index < -0.39 is 0 Å². The van der Waals surface area contributed by atoms with Crippen molar-refractivity contribution in [2.45, 2.75) is 0 Å². The predicted octanol–water partition coefficient (Wildman–Crippen LogP) is -0.774. The Morgan fingerprint density at radius 1 is 1.00 bits per heavy atom. The van der Waals surface area contributed by atoms with Crippen LogP contribution in [-0.2, 0) is 88.0 Å². The van der Waals surface area contributed by atoms with E-state index in [9.17, 15) is 0 Å². The minimum Gasteiger partial charge on any atom is 0 e. The monoisotopic (exact) mass is 342 g/mol. The summed E-state index contributed by atoms with van der Waals surface area (Å²) >= 11 is 0. The maximum atomic E-state index is 0. The Kier molecular flexibility index (Phi) is 564. The van der Waals surface area contributed by atoms with E-state index >= 15 is 0 Å². The van der Waals surface area contributed by atoms with Crippen molar-refractivity contribution in [3.05, 3.63) is 0 Å². The second-order valence-electron chi connectivity index (χ2n) is 0. The van der Waals surface area contributed by atoms with E-state index in [1.54, 1.807) is 0 Å². The van der Waals surface area contributed by atoms with Gasteiger partial charge in [0, 0.05) is 122 Å². The van der Waals surface area contributed by atoms with Gasteiger partial charge in [-0.1, -0.05) is 0 Å². The Morgan fingerprint density at radius 2 is 1.00 bits per heavy atom. The Labute approximate surface area is 120 Å². The maximum absolute atomic E-state index is 0. The van der Waals surface area contributed by atoms with Gasteiger partial charge in [0.2, 0.25) is 0 Å². The zero-order chi connectivity index (χ0) is 0. The third kappa shape index (κ3) is 42.0. The normalized spacial score (nSPS) is 0. The first-order valence-electron chi connectivity index (χ1n) is 0. The molecule has 0 bridgehead atoms. The predicted molar refractivity (Wildman–Crippen MR) is 11.5 cm³/mol. The first-order chi connectivity index (χ1) is 0. The molecule has 0 fully saturated rings. The van der Waals surface area contributed by atoms with Crippen molar-refractivity contribution in [3.63, 3.8) is 0 Å². The summed E-state index contributed by atoms with van der Waals surface area (Å²) in [5.41, 5.74) is 0. The van der Waals surface area contributed by atoms with Crippen LogP contribution in [0.1, 0.15) is 0 Å². The molecule has 7 heavy (non-hydrogen) atoms. The van der Waals surface area contributed by atoms with Crippen molar-refractivity contribution in [2.24, 2.45) is 0 Å². The van der Waals surface area contributed by atoms with Crippen LogP contribution in [0.4, 0.5) is 0 Å². The molecular weight excluding hydrogens is 344 g/mol. The first-order valence-corrected chi connectivity index (χ1v) is 0. The van der Waals surface area contributed by atoms with Crippen LogP contribution >= 0.6 is 0 Å². The molecule has 0 atom stereocenters. The van der Waals surface area contributed by atoms with Gasteiger partial charge in [-0.3, -0.25) is 0 Å². The Morgan fingerprint density at radius 3 is 1.00 bits per heavy atom. The van der Waals surface area contributed by atoms with Gasteiger partial charge in [0.1, 0.15) is 0 Å². The fourth-order valence-electron chi connectivity index (χ4n) is 0. The maximum Gasteiger partial charge on any atom is 0 e. The molecular formula is CrCuFeMgMnSiZn. The molecule has 0 aromatic rings. The molecule has 0 aromatic carbocycles. The van der Waals surface area contributed by atoms with Crippen molar-refractivity contribution in [3.8, 4) is 0 Å². The third-order valence-corrected chi connectivity index (χ3v) is 0. The van der Waals surface area contributed by atoms with Gasteiger partial charge in [-0.2, -0.15) is 0 Å². The van der Waals surface area contributed by atoms with Gasteiger partial charge in [0.15, 0.2) is 0 Å².